The number of benzene rings is 1. The van der Waals surface area contributed by atoms with E-state index in [9.17, 15) is 9.59 Å². The fraction of sp³-hybridized carbons (Fsp3) is 0.579. The van der Waals surface area contributed by atoms with Crippen LogP contribution in [0.1, 0.15) is 37.8 Å². The van der Waals surface area contributed by atoms with Gasteiger partial charge in [0.2, 0.25) is 11.8 Å². The van der Waals surface area contributed by atoms with Gasteiger partial charge in [0.05, 0.1) is 5.92 Å². The number of nitrogens with one attached hydrogen (secondary N) is 1. The van der Waals surface area contributed by atoms with Crippen LogP contribution in [0.2, 0.25) is 0 Å². The van der Waals surface area contributed by atoms with E-state index in [0.29, 0.717) is 6.54 Å². The summed E-state index contributed by atoms with van der Waals surface area (Å²) < 4.78 is 0. The summed E-state index contributed by atoms with van der Waals surface area (Å²) in [5.41, 5.74) is 13.5. The first-order valence-corrected chi connectivity index (χ1v) is 8.99. The molecule has 6 nitrogen and oxygen atoms in total. The van der Waals surface area contributed by atoms with E-state index in [4.69, 9.17) is 11.5 Å². The Balaban J connectivity index is 0.00000338. The van der Waals surface area contributed by atoms with Gasteiger partial charge in [0.25, 0.3) is 0 Å². The number of primary amides is 1. The van der Waals surface area contributed by atoms with Gasteiger partial charge in [0.1, 0.15) is 0 Å². The second-order valence-electron chi connectivity index (χ2n) is 7.16. The molecule has 1 fully saturated rings. The fourth-order valence-electron chi connectivity index (χ4n) is 3.12. The van der Waals surface area contributed by atoms with Gasteiger partial charge in [0, 0.05) is 31.6 Å². The molecule has 0 spiro atoms. The SMILES string of the molecule is CC(N)C(C)C(=O)NCc1cccc(CN2CCCC(C(N)=O)C2)c1.Cl.Cl. The number of piperidine rings is 1. The number of rotatable bonds is 7. The molecule has 1 aromatic carbocycles. The molecule has 0 aliphatic carbocycles. The molecule has 3 atom stereocenters. The monoisotopic (exact) mass is 418 g/mol. The highest BCUT2D eigenvalue weighted by atomic mass is 35.5. The number of likely N-dealkylation sites (tertiary alicyclic amines) is 1. The number of amides is 2. The van der Waals surface area contributed by atoms with Crippen LogP contribution in [0.3, 0.4) is 0 Å². The van der Waals surface area contributed by atoms with Gasteiger partial charge < -0.3 is 16.8 Å². The summed E-state index contributed by atoms with van der Waals surface area (Å²) in [5, 5.41) is 2.94. The van der Waals surface area contributed by atoms with Gasteiger partial charge in [-0.05, 0) is 37.4 Å². The zero-order valence-electron chi connectivity index (χ0n) is 16.0. The van der Waals surface area contributed by atoms with E-state index >= 15 is 0 Å². The lowest BCUT2D eigenvalue weighted by molar-refractivity contribution is -0.125. The Kier molecular flexibility index (Phi) is 11.6. The fourth-order valence-corrected chi connectivity index (χ4v) is 3.12. The average Bonchev–Trinajstić information content (AvgIpc) is 2.59. The number of carbonyl (C=O) groups excluding carboxylic acids is 2. The van der Waals surface area contributed by atoms with Crippen LogP contribution in [0.4, 0.5) is 0 Å². The van der Waals surface area contributed by atoms with Crippen molar-refractivity contribution in [1.29, 1.82) is 0 Å². The van der Waals surface area contributed by atoms with Crippen molar-refractivity contribution in [3.8, 4) is 0 Å². The van der Waals surface area contributed by atoms with E-state index in [2.05, 4.69) is 22.3 Å². The third-order valence-corrected chi connectivity index (χ3v) is 4.97. The lowest BCUT2D eigenvalue weighted by Gasteiger charge is -2.31. The van der Waals surface area contributed by atoms with E-state index in [0.717, 1.165) is 38.0 Å². The molecular formula is C19H32Cl2N4O2. The Morgan fingerprint density at radius 2 is 1.93 bits per heavy atom. The molecule has 2 rings (SSSR count). The van der Waals surface area contributed by atoms with Crippen molar-refractivity contribution < 1.29 is 9.59 Å². The summed E-state index contributed by atoms with van der Waals surface area (Å²) in [5.74, 6) is -0.483. The van der Waals surface area contributed by atoms with Crippen LogP contribution in [0.5, 0.6) is 0 Å². The van der Waals surface area contributed by atoms with Gasteiger partial charge in [-0.3, -0.25) is 14.5 Å². The third kappa shape index (κ3) is 8.05. The Morgan fingerprint density at radius 1 is 1.26 bits per heavy atom. The molecule has 1 aliphatic heterocycles. The van der Waals surface area contributed by atoms with Crippen molar-refractivity contribution in [2.24, 2.45) is 23.3 Å². The van der Waals surface area contributed by atoms with Crippen molar-refractivity contribution in [3.05, 3.63) is 35.4 Å². The lowest BCUT2D eigenvalue weighted by atomic mass is 9.97. The van der Waals surface area contributed by atoms with Gasteiger partial charge in [-0.2, -0.15) is 0 Å². The summed E-state index contributed by atoms with van der Waals surface area (Å²) in [6.07, 6.45) is 1.88. The molecule has 2 amide bonds. The number of nitrogens with zero attached hydrogens (tertiary/aromatic N) is 1. The van der Waals surface area contributed by atoms with E-state index < -0.39 is 0 Å². The molecule has 5 N–H and O–H groups in total. The van der Waals surface area contributed by atoms with Crippen molar-refractivity contribution >= 4 is 36.6 Å². The van der Waals surface area contributed by atoms with Crippen molar-refractivity contribution in [1.82, 2.24) is 10.2 Å². The Bertz CT molecular complexity index is 613. The number of hydrogen-bond acceptors (Lipinski definition) is 4. The van der Waals surface area contributed by atoms with Crippen LogP contribution in [-0.4, -0.2) is 35.8 Å². The molecule has 1 aliphatic rings. The molecule has 154 valence electrons. The maximum Gasteiger partial charge on any atom is 0.224 e. The predicted octanol–water partition coefficient (Wildman–Crippen LogP) is 1.83. The third-order valence-electron chi connectivity index (χ3n) is 4.97. The molecule has 1 saturated heterocycles. The summed E-state index contributed by atoms with van der Waals surface area (Å²) in [4.78, 5) is 25.7. The first-order chi connectivity index (χ1) is 11.9. The average molecular weight is 419 g/mol. The van der Waals surface area contributed by atoms with Crippen molar-refractivity contribution in [2.45, 2.75) is 45.8 Å². The highest BCUT2D eigenvalue weighted by Gasteiger charge is 2.23. The van der Waals surface area contributed by atoms with E-state index in [1.54, 1.807) is 0 Å². The molecule has 0 bridgehead atoms. The van der Waals surface area contributed by atoms with Crippen LogP contribution >= 0.6 is 24.8 Å². The summed E-state index contributed by atoms with van der Waals surface area (Å²) in [6, 6.07) is 8.02. The van der Waals surface area contributed by atoms with Gasteiger partial charge in [-0.15, -0.1) is 24.8 Å². The minimum absolute atomic E-state index is 0. The normalized spacial score (nSPS) is 19.1. The molecule has 0 saturated carbocycles. The lowest BCUT2D eigenvalue weighted by Crippen LogP contribution is -2.40. The van der Waals surface area contributed by atoms with Crippen molar-refractivity contribution in [2.75, 3.05) is 13.1 Å². The van der Waals surface area contributed by atoms with Crippen LogP contribution in [0, 0.1) is 11.8 Å². The first-order valence-electron chi connectivity index (χ1n) is 8.99. The smallest absolute Gasteiger partial charge is 0.224 e. The van der Waals surface area contributed by atoms with Gasteiger partial charge in [0.15, 0.2) is 0 Å². The minimum Gasteiger partial charge on any atom is -0.369 e. The number of halogens is 2. The molecular weight excluding hydrogens is 387 g/mol. The first kappa shape index (κ1) is 25.7. The Labute approximate surface area is 174 Å². The molecule has 3 unspecified atom stereocenters. The zero-order valence-corrected chi connectivity index (χ0v) is 17.7. The summed E-state index contributed by atoms with van der Waals surface area (Å²) in [7, 11) is 0. The summed E-state index contributed by atoms with van der Waals surface area (Å²) in [6.45, 7) is 6.67. The second-order valence-corrected chi connectivity index (χ2v) is 7.16. The molecule has 1 heterocycles. The highest BCUT2D eigenvalue weighted by molar-refractivity contribution is 5.85. The Hall–Kier alpha value is -1.34. The van der Waals surface area contributed by atoms with E-state index in [1.807, 2.05) is 26.0 Å². The standard InChI is InChI=1S/C19H30N4O2.2ClH/c1-13(14(2)20)19(25)22-10-15-5-3-6-16(9-15)11-23-8-4-7-17(12-23)18(21)24;;/h3,5-6,9,13-14,17H,4,7-8,10-12,20H2,1-2H3,(H2,21,24)(H,22,25);2*1H. The van der Waals surface area contributed by atoms with Crippen LogP contribution in [0.25, 0.3) is 0 Å². The molecule has 1 aromatic rings. The predicted molar refractivity (Wildman–Crippen MR) is 113 cm³/mol. The van der Waals surface area contributed by atoms with Gasteiger partial charge in [-0.1, -0.05) is 31.2 Å². The van der Waals surface area contributed by atoms with Gasteiger partial charge >= 0.3 is 0 Å². The molecule has 0 radical (unpaired) electrons. The zero-order chi connectivity index (χ0) is 18.4. The van der Waals surface area contributed by atoms with Crippen LogP contribution in [-0.2, 0) is 22.7 Å². The maximum absolute atomic E-state index is 12.0. The summed E-state index contributed by atoms with van der Waals surface area (Å²) >= 11 is 0. The second kappa shape index (κ2) is 12.2. The van der Waals surface area contributed by atoms with Crippen LogP contribution in [0.15, 0.2) is 24.3 Å². The Morgan fingerprint density at radius 3 is 2.56 bits per heavy atom. The molecule has 27 heavy (non-hydrogen) atoms. The minimum atomic E-state index is -0.206. The molecule has 0 aromatic heterocycles. The highest BCUT2D eigenvalue weighted by Crippen LogP contribution is 2.18. The molecule has 8 heteroatoms. The van der Waals surface area contributed by atoms with Crippen LogP contribution < -0.4 is 16.8 Å². The van der Waals surface area contributed by atoms with Gasteiger partial charge in [-0.25, -0.2) is 0 Å². The van der Waals surface area contributed by atoms with Crippen molar-refractivity contribution in [3.63, 3.8) is 0 Å². The number of carbonyl (C=O) groups is 2. The number of nitrogens with two attached hydrogens (primary N) is 2. The topological polar surface area (TPSA) is 101 Å². The van der Waals surface area contributed by atoms with E-state index in [-0.39, 0.29) is 54.5 Å². The quantitative estimate of drug-likeness (QED) is 0.628. The van der Waals surface area contributed by atoms with E-state index in [1.165, 1.54) is 5.56 Å². The number of hydrogen-bond donors (Lipinski definition) is 3. The largest absolute Gasteiger partial charge is 0.369 e. The maximum atomic E-state index is 12.0.